The molecule has 1 heterocycles. The average molecular weight is 266 g/mol. The SMILES string of the molecule is CCCCCCCCC=CCCC1CC(=O)OC1=O. The van der Waals surface area contributed by atoms with E-state index < -0.39 is 0 Å². The molecule has 0 amide bonds. The standard InChI is InChI=1S/C16H26O3/c1-2-3-4-5-6-7-8-9-10-11-12-14-13-15(17)19-16(14)18/h9-10,14H,2-8,11-13H2,1H3. The molecule has 0 aromatic rings. The number of allylic oxidation sites excluding steroid dienone is 2. The first-order valence-corrected chi connectivity index (χ1v) is 7.63. The van der Waals surface area contributed by atoms with Crippen molar-refractivity contribution in [3.05, 3.63) is 12.2 Å². The van der Waals surface area contributed by atoms with Gasteiger partial charge in [0.25, 0.3) is 0 Å². The maximum Gasteiger partial charge on any atom is 0.317 e. The van der Waals surface area contributed by atoms with Crippen LogP contribution in [-0.4, -0.2) is 11.9 Å². The van der Waals surface area contributed by atoms with Crippen LogP contribution in [0.5, 0.6) is 0 Å². The van der Waals surface area contributed by atoms with E-state index in [-0.39, 0.29) is 24.3 Å². The first-order chi connectivity index (χ1) is 9.24. The molecule has 1 saturated heterocycles. The highest BCUT2D eigenvalue weighted by Gasteiger charge is 2.32. The van der Waals surface area contributed by atoms with Gasteiger partial charge in [0.1, 0.15) is 0 Å². The molecule has 1 unspecified atom stereocenters. The molecular weight excluding hydrogens is 240 g/mol. The Bertz CT molecular complexity index is 307. The zero-order chi connectivity index (χ0) is 13.9. The van der Waals surface area contributed by atoms with Crippen molar-refractivity contribution in [2.45, 2.75) is 71.1 Å². The van der Waals surface area contributed by atoms with Gasteiger partial charge < -0.3 is 4.74 Å². The lowest BCUT2D eigenvalue weighted by molar-refractivity contribution is -0.153. The number of cyclic esters (lactones) is 2. The monoisotopic (exact) mass is 266 g/mol. The Hall–Kier alpha value is -1.12. The molecule has 19 heavy (non-hydrogen) atoms. The Labute approximate surface area is 116 Å². The number of ether oxygens (including phenoxy) is 1. The van der Waals surface area contributed by atoms with Crippen molar-refractivity contribution < 1.29 is 14.3 Å². The summed E-state index contributed by atoms with van der Waals surface area (Å²) in [5.41, 5.74) is 0. The van der Waals surface area contributed by atoms with Gasteiger partial charge in [0, 0.05) is 0 Å². The molecule has 3 heteroatoms. The minimum atomic E-state index is -0.369. The van der Waals surface area contributed by atoms with Crippen molar-refractivity contribution in [3.63, 3.8) is 0 Å². The fourth-order valence-corrected chi connectivity index (χ4v) is 2.32. The predicted octanol–water partition coefficient (Wildman–Crippen LogP) is 4.16. The molecule has 0 N–H and O–H groups in total. The van der Waals surface area contributed by atoms with Gasteiger partial charge in [-0.05, 0) is 25.7 Å². The zero-order valence-electron chi connectivity index (χ0n) is 12.0. The lowest BCUT2D eigenvalue weighted by Crippen LogP contribution is -2.06. The van der Waals surface area contributed by atoms with Crippen molar-refractivity contribution in [1.29, 1.82) is 0 Å². The Morgan fingerprint density at radius 3 is 2.42 bits per heavy atom. The van der Waals surface area contributed by atoms with Crippen molar-refractivity contribution in [2.75, 3.05) is 0 Å². The van der Waals surface area contributed by atoms with E-state index in [1.54, 1.807) is 0 Å². The van der Waals surface area contributed by atoms with E-state index in [0.29, 0.717) is 0 Å². The quantitative estimate of drug-likeness (QED) is 0.258. The lowest BCUT2D eigenvalue weighted by atomic mass is 10.0. The number of unbranched alkanes of at least 4 members (excludes halogenated alkanes) is 6. The Morgan fingerprint density at radius 2 is 1.74 bits per heavy atom. The zero-order valence-corrected chi connectivity index (χ0v) is 12.0. The highest BCUT2D eigenvalue weighted by atomic mass is 16.6. The summed E-state index contributed by atoms with van der Waals surface area (Å²) in [6.45, 7) is 2.23. The maximum absolute atomic E-state index is 11.2. The van der Waals surface area contributed by atoms with Gasteiger partial charge in [-0.15, -0.1) is 0 Å². The predicted molar refractivity (Wildman–Crippen MR) is 75.6 cm³/mol. The van der Waals surface area contributed by atoms with Gasteiger partial charge in [-0.3, -0.25) is 9.59 Å². The summed E-state index contributed by atoms with van der Waals surface area (Å²) < 4.78 is 4.51. The molecular formula is C16H26O3. The molecule has 0 aromatic carbocycles. The van der Waals surface area contributed by atoms with Crippen LogP contribution in [-0.2, 0) is 14.3 Å². The highest BCUT2D eigenvalue weighted by Crippen LogP contribution is 2.21. The van der Waals surface area contributed by atoms with Crippen LogP contribution in [0.4, 0.5) is 0 Å². The summed E-state index contributed by atoms with van der Waals surface area (Å²) in [5, 5.41) is 0. The van der Waals surface area contributed by atoms with Crippen LogP contribution < -0.4 is 0 Å². The lowest BCUT2D eigenvalue weighted by Gasteiger charge is -2.00. The summed E-state index contributed by atoms with van der Waals surface area (Å²) >= 11 is 0. The van der Waals surface area contributed by atoms with E-state index in [2.05, 4.69) is 23.8 Å². The third kappa shape index (κ3) is 7.14. The summed E-state index contributed by atoms with van der Waals surface area (Å²) in [7, 11) is 0. The van der Waals surface area contributed by atoms with Crippen LogP contribution in [0.25, 0.3) is 0 Å². The normalized spacial score (nSPS) is 19.3. The number of esters is 2. The Morgan fingerprint density at radius 1 is 1.05 bits per heavy atom. The molecule has 1 fully saturated rings. The van der Waals surface area contributed by atoms with Crippen molar-refractivity contribution in [1.82, 2.24) is 0 Å². The van der Waals surface area contributed by atoms with Gasteiger partial charge >= 0.3 is 11.9 Å². The molecule has 0 spiro atoms. The van der Waals surface area contributed by atoms with Crippen molar-refractivity contribution in [3.8, 4) is 0 Å². The van der Waals surface area contributed by atoms with Crippen LogP contribution in [0.1, 0.15) is 71.1 Å². The molecule has 1 atom stereocenters. The minimum Gasteiger partial charge on any atom is -0.393 e. The summed E-state index contributed by atoms with van der Waals surface area (Å²) in [5.74, 6) is -0.911. The molecule has 1 aliphatic rings. The second kappa shape index (κ2) is 9.76. The first-order valence-electron chi connectivity index (χ1n) is 7.63. The van der Waals surface area contributed by atoms with Gasteiger partial charge in [-0.1, -0.05) is 51.2 Å². The van der Waals surface area contributed by atoms with Gasteiger partial charge in [0.2, 0.25) is 0 Å². The van der Waals surface area contributed by atoms with Crippen molar-refractivity contribution >= 4 is 11.9 Å². The number of carbonyl (C=O) groups is 2. The van der Waals surface area contributed by atoms with E-state index in [0.717, 1.165) is 19.3 Å². The molecule has 0 bridgehead atoms. The summed E-state index contributed by atoms with van der Waals surface area (Å²) in [6.07, 6.45) is 15.2. The van der Waals surface area contributed by atoms with Crippen LogP contribution in [0, 0.1) is 5.92 Å². The number of hydrogen-bond donors (Lipinski definition) is 0. The van der Waals surface area contributed by atoms with Crippen LogP contribution in [0.15, 0.2) is 12.2 Å². The second-order valence-electron chi connectivity index (χ2n) is 5.30. The van der Waals surface area contributed by atoms with E-state index in [1.807, 2.05) is 0 Å². The largest absolute Gasteiger partial charge is 0.393 e. The van der Waals surface area contributed by atoms with Gasteiger partial charge in [-0.25, -0.2) is 0 Å². The van der Waals surface area contributed by atoms with E-state index >= 15 is 0 Å². The molecule has 0 radical (unpaired) electrons. The smallest absolute Gasteiger partial charge is 0.317 e. The maximum atomic E-state index is 11.2. The topological polar surface area (TPSA) is 43.4 Å². The molecule has 108 valence electrons. The first kappa shape index (κ1) is 15.9. The molecule has 1 aliphatic heterocycles. The van der Waals surface area contributed by atoms with Gasteiger partial charge in [0.15, 0.2) is 0 Å². The summed E-state index contributed by atoms with van der Waals surface area (Å²) in [6, 6.07) is 0. The average Bonchev–Trinajstić information content (AvgIpc) is 2.70. The molecule has 0 aromatic heterocycles. The Kier molecular flexibility index (Phi) is 8.19. The van der Waals surface area contributed by atoms with Crippen LogP contribution in [0.2, 0.25) is 0 Å². The highest BCUT2D eigenvalue weighted by molar-refractivity contribution is 5.94. The number of hydrogen-bond acceptors (Lipinski definition) is 3. The van der Waals surface area contributed by atoms with E-state index in [9.17, 15) is 9.59 Å². The second-order valence-corrected chi connectivity index (χ2v) is 5.30. The fraction of sp³-hybridized carbons (Fsp3) is 0.750. The fourth-order valence-electron chi connectivity index (χ4n) is 2.32. The molecule has 0 aliphatic carbocycles. The number of carbonyl (C=O) groups excluding carboxylic acids is 2. The van der Waals surface area contributed by atoms with Crippen molar-refractivity contribution in [2.24, 2.45) is 5.92 Å². The van der Waals surface area contributed by atoms with Gasteiger partial charge in [-0.2, -0.15) is 0 Å². The van der Waals surface area contributed by atoms with Crippen LogP contribution in [0.3, 0.4) is 0 Å². The molecule has 0 saturated carbocycles. The van der Waals surface area contributed by atoms with Crippen LogP contribution >= 0.6 is 0 Å². The molecule has 1 rings (SSSR count). The summed E-state index contributed by atoms with van der Waals surface area (Å²) in [4.78, 5) is 22.1. The third-order valence-electron chi connectivity index (χ3n) is 3.53. The molecule has 3 nitrogen and oxygen atoms in total. The van der Waals surface area contributed by atoms with Gasteiger partial charge in [0.05, 0.1) is 12.3 Å². The minimum absolute atomic E-state index is 0.203. The Balaban J connectivity index is 1.93. The van der Waals surface area contributed by atoms with E-state index in [4.69, 9.17) is 0 Å². The van der Waals surface area contributed by atoms with E-state index in [1.165, 1.54) is 38.5 Å². The number of rotatable bonds is 10. The third-order valence-corrected chi connectivity index (χ3v) is 3.53.